The van der Waals surface area contributed by atoms with E-state index in [1.54, 1.807) is 7.11 Å². The van der Waals surface area contributed by atoms with Crippen LogP contribution in [0.15, 0.2) is 24.3 Å². The summed E-state index contributed by atoms with van der Waals surface area (Å²) in [5.41, 5.74) is 8.11. The molecule has 4 nitrogen and oxygen atoms in total. The van der Waals surface area contributed by atoms with E-state index in [0.29, 0.717) is 0 Å². The number of piperidine rings is 1. The van der Waals surface area contributed by atoms with E-state index < -0.39 is 6.04 Å². The highest BCUT2D eigenvalue weighted by Crippen LogP contribution is 2.18. The number of nitrogens with two attached hydrogens (primary N) is 1. The van der Waals surface area contributed by atoms with Gasteiger partial charge >= 0.3 is 0 Å². The molecular formula is C15H22N2O2. The van der Waals surface area contributed by atoms with Gasteiger partial charge in [0.2, 0.25) is 5.91 Å². The Hall–Kier alpha value is -1.39. The maximum atomic E-state index is 12.3. The second-order valence-electron chi connectivity index (χ2n) is 5.15. The summed E-state index contributed by atoms with van der Waals surface area (Å²) in [4.78, 5) is 14.2. The lowest BCUT2D eigenvalue weighted by atomic mass is 10.0. The van der Waals surface area contributed by atoms with Gasteiger partial charge in [-0.1, -0.05) is 29.8 Å². The number of aryl methyl sites for hydroxylation is 1. The van der Waals surface area contributed by atoms with E-state index in [-0.39, 0.29) is 12.0 Å². The Kier molecular flexibility index (Phi) is 4.56. The van der Waals surface area contributed by atoms with E-state index in [9.17, 15) is 4.79 Å². The van der Waals surface area contributed by atoms with Gasteiger partial charge in [0, 0.05) is 20.2 Å². The molecule has 1 aliphatic rings. The molecule has 0 aromatic heterocycles. The smallest absolute Gasteiger partial charge is 0.244 e. The summed E-state index contributed by atoms with van der Waals surface area (Å²) in [5, 5.41) is 0. The molecule has 1 unspecified atom stereocenters. The van der Waals surface area contributed by atoms with Gasteiger partial charge in [-0.05, 0) is 25.3 Å². The first-order chi connectivity index (χ1) is 9.11. The SMILES string of the molecule is COC1CCN(C(=O)C(N)c2ccc(C)cc2)CC1. The van der Waals surface area contributed by atoms with E-state index in [1.807, 2.05) is 36.1 Å². The molecule has 0 aliphatic carbocycles. The number of ether oxygens (including phenoxy) is 1. The van der Waals surface area contributed by atoms with Gasteiger partial charge in [0.05, 0.1) is 6.10 Å². The van der Waals surface area contributed by atoms with Crippen LogP contribution in [-0.2, 0) is 9.53 Å². The zero-order chi connectivity index (χ0) is 13.8. The molecule has 1 aromatic carbocycles. The molecule has 1 atom stereocenters. The Balaban J connectivity index is 1.98. The van der Waals surface area contributed by atoms with E-state index in [0.717, 1.165) is 31.5 Å². The summed E-state index contributed by atoms with van der Waals surface area (Å²) < 4.78 is 5.31. The van der Waals surface area contributed by atoms with Crippen LogP contribution in [0.25, 0.3) is 0 Å². The molecule has 1 saturated heterocycles. The molecule has 4 heteroatoms. The van der Waals surface area contributed by atoms with E-state index >= 15 is 0 Å². The van der Waals surface area contributed by atoms with Crippen molar-refractivity contribution in [2.75, 3.05) is 20.2 Å². The number of hydrogen-bond donors (Lipinski definition) is 1. The van der Waals surface area contributed by atoms with Crippen LogP contribution in [0.3, 0.4) is 0 Å². The standard InChI is InChI=1S/C15H22N2O2/c1-11-3-5-12(6-4-11)14(16)15(18)17-9-7-13(19-2)8-10-17/h3-6,13-14H,7-10,16H2,1-2H3. The van der Waals surface area contributed by atoms with Crippen LogP contribution in [0.1, 0.15) is 30.0 Å². The van der Waals surface area contributed by atoms with Crippen LogP contribution >= 0.6 is 0 Å². The molecule has 2 rings (SSSR count). The highest BCUT2D eigenvalue weighted by atomic mass is 16.5. The lowest BCUT2D eigenvalue weighted by Crippen LogP contribution is -2.44. The van der Waals surface area contributed by atoms with Crippen molar-refractivity contribution in [3.8, 4) is 0 Å². The Bertz CT molecular complexity index is 422. The lowest BCUT2D eigenvalue weighted by Gasteiger charge is -2.32. The molecule has 104 valence electrons. The first-order valence-corrected chi connectivity index (χ1v) is 6.75. The van der Waals surface area contributed by atoms with Gasteiger partial charge in [-0.25, -0.2) is 0 Å². The molecule has 0 radical (unpaired) electrons. The number of benzene rings is 1. The number of likely N-dealkylation sites (tertiary alicyclic amines) is 1. The van der Waals surface area contributed by atoms with Crippen LogP contribution in [0.4, 0.5) is 0 Å². The molecular weight excluding hydrogens is 240 g/mol. The highest BCUT2D eigenvalue weighted by molar-refractivity contribution is 5.83. The fourth-order valence-corrected chi connectivity index (χ4v) is 2.42. The monoisotopic (exact) mass is 262 g/mol. The van der Waals surface area contributed by atoms with Crippen molar-refractivity contribution in [2.24, 2.45) is 5.73 Å². The fraction of sp³-hybridized carbons (Fsp3) is 0.533. The van der Waals surface area contributed by atoms with Gasteiger partial charge in [-0.15, -0.1) is 0 Å². The quantitative estimate of drug-likeness (QED) is 0.901. The Morgan fingerprint density at radius 2 is 1.89 bits per heavy atom. The summed E-state index contributed by atoms with van der Waals surface area (Å²) in [5.74, 6) is 0.0124. The number of hydrogen-bond acceptors (Lipinski definition) is 3. The second kappa shape index (κ2) is 6.17. The largest absolute Gasteiger partial charge is 0.381 e. The first-order valence-electron chi connectivity index (χ1n) is 6.75. The van der Waals surface area contributed by atoms with Crippen molar-refractivity contribution in [1.82, 2.24) is 4.90 Å². The molecule has 0 spiro atoms. The lowest BCUT2D eigenvalue weighted by molar-refractivity contribution is -0.135. The summed E-state index contributed by atoms with van der Waals surface area (Å²) in [7, 11) is 1.72. The topological polar surface area (TPSA) is 55.6 Å². The minimum atomic E-state index is -0.556. The number of carbonyl (C=O) groups is 1. The Morgan fingerprint density at radius 1 is 1.32 bits per heavy atom. The normalized spacial score (nSPS) is 18.4. The number of methoxy groups -OCH3 is 1. The molecule has 1 aliphatic heterocycles. The van der Waals surface area contributed by atoms with Crippen molar-refractivity contribution in [3.05, 3.63) is 35.4 Å². The van der Waals surface area contributed by atoms with Gasteiger partial charge in [0.25, 0.3) is 0 Å². The summed E-state index contributed by atoms with van der Waals surface area (Å²) in [6.45, 7) is 3.49. The minimum absolute atomic E-state index is 0.0124. The predicted molar refractivity (Wildman–Crippen MR) is 74.7 cm³/mol. The number of rotatable bonds is 3. The molecule has 19 heavy (non-hydrogen) atoms. The zero-order valence-electron chi connectivity index (χ0n) is 11.6. The van der Waals surface area contributed by atoms with Crippen molar-refractivity contribution in [3.63, 3.8) is 0 Å². The first kappa shape index (κ1) is 14.0. The maximum Gasteiger partial charge on any atom is 0.244 e. The minimum Gasteiger partial charge on any atom is -0.381 e. The van der Waals surface area contributed by atoms with Gasteiger partial charge in [-0.2, -0.15) is 0 Å². The molecule has 0 saturated carbocycles. The number of nitrogens with zero attached hydrogens (tertiary/aromatic N) is 1. The average molecular weight is 262 g/mol. The molecule has 1 aromatic rings. The van der Waals surface area contributed by atoms with Crippen LogP contribution in [0.5, 0.6) is 0 Å². The summed E-state index contributed by atoms with van der Waals surface area (Å²) >= 11 is 0. The number of amides is 1. The Morgan fingerprint density at radius 3 is 2.42 bits per heavy atom. The van der Waals surface area contributed by atoms with Crippen LogP contribution < -0.4 is 5.73 Å². The average Bonchev–Trinajstić information content (AvgIpc) is 2.46. The van der Waals surface area contributed by atoms with Crippen LogP contribution in [0, 0.1) is 6.92 Å². The third-order valence-electron chi connectivity index (χ3n) is 3.79. The second-order valence-corrected chi connectivity index (χ2v) is 5.15. The van der Waals surface area contributed by atoms with E-state index in [1.165, 1.54) is 5.56 Å². The van der Waals surface area contributed by atoms with Gasteiger partial charge in [0.15, 0.2) is 0 Å². The van der Waals surface area contributed by atoms with Gasteiger partial charge in [0.1, 0.15) is 6.04 Å². The molecule has 2 N–H and O–H groups in total. The van der Waals surface area contributed by atoms with E-state index in [2.05, 4.69) is 0 Å². The van der Waals surface area contributed by atoms with Crippen molar-refractivity contribution in [2.45, 2.75) is 31.9 Å². The maximum absolute atomic E-state index is 12.3. The van der Waals surface area contributed by atoms with Crippen LogP contribution in [0.2, 0.25) is 0 Å². The third-order valence-corrected chi connectivity index (χ3v) is 3.79. The van der Waals surface area contributed by atoms with Crippen LogP contribution in [-0.4, -0.2) is 37.1 Å². The van der Waals surface area contributed by atoms with Gasteiger partial charge < -0.3 is 15.4 Å². The zero-order valence-corrected chi connectivity index (χ0v) is 11.6. The highest BCUT2D eigenvalue weighted by Gasteiger charge is 2.26. The van der Waals surface area contributed by atoms with Crippen molar-refractivity contribution < 1.29 is 9.53 Å². The summed E-state index contributed by atoms with van der Waals surface area (Å²) in [6, 6.07) is 7.28. The van der Waals surface area contributed by atoms with Crippen molar-refractivity contribution in [1.29, 1.82) is 0 Å². The Labute approximate surface area is 114 Å². The molecule has 1 fully saturated rings. The molecule has 1 heterocycles. The molecule has 1 amide bonds. The van der Waals surface area contributed by atoms with E-state index in [4.69, 9.17) is 10.5 Å². The number of carbonyl (C=O) groups excluding carboxylic acids is 1. The van der Waals surface area contributed by atoms with Crippen molar-refractivity contribution >= 4 is 5.91 Å². The van der Waals surface area contributed by atoms with Gasteiger partial charge in [-0.3, -0.25) is 4.79 Å². The fourth-order valence-electron chi connectivity index (χ4n) is 2.42. The molecule has 0 bridgehead atoms. The third kappa shape index (κ3) is 3.33. The summed E-state index contributed by atoms with van der Waals surface area (Å²) in [6.07, 6.45) is 2.06. The predicted octanol–water partition coefficient (Wildman–Crippen LogP) is 1.63.